The van der Waals surface area contributed by atoms with Crippen LogP contribution >= 0.6 is 0 Å². The molecule has 0 atom stereocenters. The first-order valence-corrected chi connectivity index (χ1v) is 7.86. The second kappa shape index (κ2) is 4.72. The molecule has 1 aliphatic heterocycles. The average Bonchev–Trinajstić information content (AvgIpc) is 3.09. The van der Waals surface area contributed by atoms with E-state index in [0.29, 0.717) is 13.1 Å². The van der Waals surface area contributed by atoms with Crippen LogP contribution in [0.5, 0.6) is 0 Å². The Bertz CT molecular complexity index is 903. The van der Waals surface area contributed by atoms with E-state index in [1.54, 1.807) is 6.33 Å². The Hall–Kier alpha value is -2.56. The number of aromatic nitrogens is 3. The summed E-state index contributed by atoms with van der Waals surface area (Å²) in [6.07, 6.45) is 1.68. The van der Waals surface area contributed by atoms with Crippen molar-refractivity contribution >= 4 is 16.9 Å². The number of nitrogens with zero attached hydrogens (tertiary/aromatic N) is 3. The van der Waals surface area contributed by atoms with Gasteiger partial charge < -0.3 is 9.88 Å². The number of imidazole rings is 1. The molecular formula is C18H20N4O. The van der Waals surface area contributed by atoms with Crippen molar-refractivity contribution in [2.75, 3.05) is 6.54 Å². The lowest BCUT2D eigenvalue weighted by Gasteiger charge is -2.38. The van der Waals surface area contributed by atoms with Crippen LogP contribution in [0.25, 0.3) is 10.9 Å². The van der Waals surface area contributed by atoms with Gasteiger partial charge in [-0.15, -0.1) is 0 Å². The van der Waals surface area contributed by atoms with Gasteiger partial charge in [-0.1, -0.05) is 32.0 Å². The highest BCUT2D eigenvalue weighted by Gasteiger charge is 2.38. The third-order valence-corrected chi connectivity index (χ3v) is 4.73. The van der Waals surface area contributed by atoms with Crippen LogP contribution in [-0.2, 0) is 12.0 Å². The SMILES string of the molecule is Cc1[nH]cnc1CN1CC(C)(C)c2cc3ccccc3n2C1=O. The molecule has 5 nitrogen and oxygen atoms in total. The van der Waals surface area contributed by atoms with E-state index in [4.69, 9.17) is 0 Å². The highest BCUT2D eigenvalue weighted by atomic mass is 16.2. The van der Waals surface area contributed by atoms with Crippen LogP contribution in [0.1, 0.15) is 30.9 Å². The van der Waals surface area contributed by atoms with Gasteiger partial charge in [-0.3, -0.25) is 4.57 Å². The maximum absolute atomic E-state index is 13.1. The molecule has 0 aliphatic carbocycles. The summed E-state index contributed by atoms with van der Waals surface area (Å²) in [5, 5.41) is 1.11. The summed E-state index contributed by atoms with van der Waals surface area (Å²) in [7, 11) is 0. The van der Waals surface area contributed by atoms with Gasteiger partial charge in [-0.25, -0.2) is 9.78 Å². The first kappa shape index (κ1) is 14.1. The van der Waals surface area contributed by atoms with Crippen molar-refractivity contribution in [2.24, 2.45) is 0 Å². The summed E-state index contributed by atoms with van der Waals surface area (Å²) in [6.45, 7) is 7.58. The Labute approximate surface area is 134 Å². The summed E-state index contributed by atoms with van der Waals surface area (Å²) in [6, 6.07) is 10.2. The number of hydrogen-bond acceptors (Lipinski definition) is 2. The highest BCUT2D eigenvalue weighted by Crippen LogP contribution is 2.35. The van der Waals surface area contributed by atoms with Gasteiger partial charge >= 0.3 is 6.03 Å². The molecule has 1 N–H and O–H groups in total. The van der Waals surface area contributed by atoms with Crippen molar-refractivity contribution in [3.63, 3.8) is 0 Å². The highest BCUT2D eigenvalue weighted by molar-refractivity contribution is 5.94. The van der Waals surface area contributed by atoms with Crippen LogP contribution in [0.4, 0.5) is 4.79 Å². The number of para-hydroxylation sites is 1. The average molecular weight is 308 g/mol. The van der Waals surface area contributed by atoms with Crippen molar-refractivity contribution in [2.45, 2.75) is 32.7 Å². The number of hydrogen-bond donors (Lipinski definition) is 1. The summed E-state index contributed by atoms with van der Waals surface area (Å²) in [4.78, 5) is 22.4. The molecule has 1 amide bonds. The number of fused-ring (bicyclic) bond motifs is 3. The van der Waals surface area contributed by atoms with E-state index in [0.717, 1.165) is 28.0 Å². The first-order chi connectivity index (χ1) is 11.0. The monoisotopic (exact) mass is 308 g/mol. The third kappa shape index (κ3) is 2.07. The zero-order valence-electron chi connectivity index (χ0n) is 13.6. The Kier molecular flexibility index (Phi) is 2.88. The molecule has 0 unspecified atom stereocenters. The lowest BCUT2D eigenvalue weighted by molar-refractivity contribution is 0.167. The second-order valence-corrected chi connectivity index (χ2v) is 6.92. The molecule has 1 aliphatic rings. The summed E-state index contributed by atoms with van der Waals surface area (Å²) in [5.74, 6) is 0. The van der Waals surface area contributed by atoms with Crippen LogP contribution in [0, 0.1) is 6.92 Å². The molecule has 0 fully saturated rings. The molecule has 1 aromatic carbocycles. The molecule has 0 saturated heterocycles. The molecule has 5 heteroatoms. The lowest BCUT2D eigenvalue weighted by atomic mass is 9.87. The van der Waals surface area contributed by atoms with Crippen molar-refractivity contribution < 1.29 is 4.79 Å². The summed E-state index contributed by atoms with van der Waals surface area (Å²) >= 11 is 0. The Morgan fingerprint density at radius 2 is 2.09 bits per heavy atom. The van der Waals surface area contributed by atoms with E-state index in [2.05, 4.69) is 35.9 Å². The largest absolute Gasteiger partial charge is 0.348 e. The normalized spacial score (nSPS) is 16.8. The van der Waals surface area contributed by atoms with Crippen molar-refractivity contribution in [1.29, 1.82) is 0 Å². The summed E-state index contributed by atoms with van der Waals surface area (Å²) < 4.78 is 1.86. The fraction of sp³-hybridized carbons (Fsp3) is 0.333. The van der Waals surface area contributed by atoms with Crippen LogP contribution in [0.3, 0.4) is 0 Å². The maximum atomic E-state index is 13.1. The molecule has 0 spiro atoms. The van der Waals surface area contributed by atoms with E-state index >= 15 is 0 Å². The number of nitrogens with one attached hydrogen (secondary N) is 1. The van der Waals surface area contributed by atoms with Gasteiger partial charge in [0.15, 0.2) is 0 Å². The molecule has 2 aromatic heterocycles. The fourth-order valence-corrected chi connectivity index (χ4v) is 3.48. The van der Waals surface area contributed by atoms with E-state index in [-0.39, 0.29) is 11.4 Å². The van der Waals surface area contributed by atoms with Crippen LogP contribution in [0.2, 0.25) is 0 Å². The lowest BCUT2D eigenvalue weighted by Crippen LogP contribution is -2.49. The van der Waals surface area contributed by atoms with Gasteiger partial charge in [-0.2, -0.15) is 0 Å². The van der Waals surface area contributed by atoms with Crippen LogP contribution in [-0.4, -0.2) is 32.0 Å². The number of H-pyrrole nitrogens is 1. The minimum Gasteiger partial charge on any atom is -0.348 e. The Morgan fingerprint density at radius 3 is 2.83 bits per heavy atom. The molecule has 0 radical (unpaired) electrons. The Balaban J connectivity index is 1.82. The number of carbonyl (C=O) groups is 1. The second-order valence-electron chi connectivity index (χ2n) is 6.92. The number of carbonyl (C=O) groups excluding carboxylic acids is 1. The molecule has 0 bridgehead atoms. The predicted molar refractivity (Wildman–Crippen MR) is 89.5 cm³/mol. The number of amides is 1. The zero-order valence-corrected chi connectivity index (χ0v) is 13.6. The minimum atomic E-state index is -0.100. The van der Waals surface area contributed by atoms with Gasteiger partial charge in [0.1, 0.15) is 0 Å². The van der Waals surface area contributed by atoms with Crippen molar-refractivity contribution in [3.05, 3.63) is 53.7 Å². The molecule has 118 valence electrons. The van der Waals surface area contributed by atoms with Crippen LogP contribution < -0.4 is 0 Å². The standard InChI is InChI=1S/C18H20N4O/c1-12-14(20-11-19-12)9-21-10-18(2,3)16-8-13-6-4-5-7-15(13)22(16)17(21)23/h4-8,11H,9-10H2,1-3H3,(H,19,20). The van der Waals surface area contributed by atoms with Crippen molar-refractivity contribution in [1.82, 2.24) is 19.4 Å². The number of rotatable bonds is 2. The van der Waals surface area contributed by atoms with Crippen LogP contribution in [0.15, 0.2) is 36.7 Å². The van der Waals surface area contributed by atoms with Gasteiger partial charge in [0.2, 0.25) is 0 Å². The van der Waals surface area contributed by atoms with Gasteiger partial charge in [0.05, 0.1) is 24.1 Å². The molecule has 4 rings (SSSR count). The van der Waals surface area contributed by atoms with E-state index < -0.39 is 0 Å². The quantitative estimate of drug-likeness (QED) is 0.788. The Morgan fingerprint density at radius 1 is 1.30 bits per heavy atom. The number of aromatic amines is 1. The third-order valence-electron chi connectivity index (χ3n) is 4.73. The topological polar surface area (TPSA) is 53.9 Å². The van der Waals surface area contributed by atoms with Gasteiger partial charge in [-0.05, 0) is 19.1 Å². The molecule has 23 heavy (non-hydrogen) atoms. The first-order valence-electron chi connectivity index (χ1n) is 7.86. The number of aryl methyl sites for hydroxylation is 1. The zero-order chi connectivity index (χ0) is 16.2. The van der Waals surface area contributed by atoms with Gasteiger partial charge in [0.25, 0.3) is 0 Å². The fourth-order valence-electron chi connectivity index (χ4n) is 3.48. The van der Waals surface area contributed by atoms with Crippen molar-refractivity contribution in [3.8, 4) is 0 Å². The van der Waals surface area contributed by atoms with E-state index in [9.17, 15) is 4.79 Å². The minimum absolute atomic E-state index is 0.0305. The molecule has 3 aromatic rings. The maximum Gasteiger partial charge on any atom is 0.329 e. The summed E-state index contributed by atoms with van der Waals surface area (Å²) in [5.41, 5.74) is 3.90. The smallest absolute Gasteiger partial charge is 0.329 e. The van der Waals surface area contributed by atoms with E-state index in [1.807, 2.05) is 34.6 Å². The predicted octanol–water partition coefficient (Wildman–Crippen LogP) is 3.43. The molecule has 0 saturated carbocycles. The van der Waals surface area contributed by atoms with Gasteiger partial charge in [0, 0.05) is 28.7 Å². The molecular weight excluding hydrogens is 288 g/mol. The number of benzene rings is 1. The van der Waals surface area contributed by atoms with E-state index in [1.165, 1.54) is 0 Å². The molecule has 3 heterocycles.